The van der Waals surface area contributed by atoms with E-state index >= 15 is 0 Å². The van der Waals surface area contributed by atoms with E-state index in [4.69, 9.17) is 4.74 Å². The number of ether oxygens (including phenoxy) is 1. The Bertz CT molecular complexity index is 780. The van der Waals surface area contributed by atoms with Crippen LogP contribution in [0.25, 0.3) is 0 Å². The third kappa shape index (κ3) is 3.82. The minimum Gasteiger partial charge on any atom is -0.508 e. The first-order valence-corrected chi connectivity index (χ1v) is 10.4. The fourth-order valence-electron chi connectivity index (χ4n) is 4.63. The van der Waals surface area contributed by atoms with Gasteiger partial charge in [0.05, 0.1) is 18.1 Å². The molecule has 2 aliphatic rings. The molecule has 2 unspecified atom stereocenters. The monoisotopic (exact) mass is 385 g/mol. The van der Waals surface area contributed by atoms with Crippen LogP contribution < -0.4 is 4.74 Å². The van der Waals surface area contributed by atoms with E-state index < -0.39 is 5.60 Å². The quantitative estimate of drug-likeness (QED) is 0.760. The minimum atomic E-state index is -0.733. The van der Waals surface area contributed by atoms with Gasteiger partial charge in [-0.15, -0.1) is 11.8 Å². The number of hydrogen-bond acceptors (Lipinski definition) is 5. The predicted molar refractivity (Wildman–Crippen MR) is 108 cm³/mol. The Morgan fingerprint density at radius 2 is 1.78 bits per heavy atom. The highest BCUT2D eigenvalue weighted by atomic mass is 32.2. The molecule has 1 heterocycles. The molecule has 2 fully saturated rings. The summed E-state index contributed by atoms with van der Waals surface area (Å²) < 4.78 is 5.33. The van der Waals surface area contributed by atoms with E-state index in [1.165, 1.54) is 4.90 Å². The highest BCUT2D eigenvalue weighted by molar-refractivity contribution is 7.99. The molecule has 0 radical (unpaired) electrons. The summed E-state index contributed by atoms with van der Waals surface area (Å²) in [6, 6.07) is 15.3. The molecule has 144 valence electrons. The van der Waals surface area contributed by atoms with Gasteiger partial charge in [-0.25, -0.2) is 0 Å². The lowest BCUT2D eigenvalue weighted by atomic mass is 9.90. The average Bonchev–Trinajstić information content (AvgIpc) is 3.19. The lowest BCUT2D eigenvalue weighted by molar-refractivity contribution is 0.0310. The Balaban J connectivity index is 1.39. The molecule has 0 bridgehead atoms. The van der Waals surface area contributed by atoms with Crippen LogP contribution in [0.3, 0.4) is 0 Å². The fraction of sp³-hybridized carbons (Fsp3) is 0.455. The molecule has 4 rings (SSSR count). The second kappa shape index (κ2) is 7.38. The zero-order valence-corrected chi connectivity index (χ0v) is 16.7. The summed E-state index contributed by atoms with van der Waals surface area (Å²) in [6.07, 6.45) is 1.63. The van der Waals surface area contributed by atoms with E-state index in [-0.39, 0.29) is 0 Å². The van der Waals surface area contributed by atoms with Gasteiger partial charge in [0.1, 0.15) is 11.5 Å². The molecule has 2 N–H and O–H groups in total. The van der Waals surface area contributed by atoms with Crippen LogP contribution in [0.5, 0.6) is 11.5 Å². The van der Waals surface area contributed by atoms with Crippen LogP contribution in [0.1, 0.15) is 25.3 Å². The first kappa shape index (κ1) is 18.7. The van der Waals surface area contributed by atoms with Crippen LogP contribution in [0, 0.1) is 11.8 Å². The van der Waals surface area contributed by atoms with Crippen molar-refractivity contribution in [1.82, 2.24) is 4.90 Å². The molecule has 27 heavy (non-hydrogen) atoms. The SMILES string of the molecule is COc1cccc(C2(O)C[C@H]3CN(C(C)Sc4ccc(O)cc4)C[C@H]3C2)c1. The molecular formula is C22H27NO3S. The standard InChI is InChI=1S/C22H27NO3S/c1-15(27-21-8-6-19(24)7-9-21)23-13-16-11-22(25,12-17(16)14-23)18-4-3-5-20(10-18)26-2/h3-10,15-17,24-25H,11-14H2,1-2H3/t15?,16-,17+,22?. The van der Waals surface area contributed by atoms with Crippen LogP contribution >= 0.6 is 11.8 Å². The summed E-state index contributed by atoms with van der Waals surface area (Å²) in [4.78, 5) is 3.70. The first-order chi connectivity index (χ1) is 13.0. The fourth-order valence-corrected chi connectivity index (χ4v) is 5.64. The van der Waals surface area contributed by atoms with Gasteiger partial charge in [0.2, 0.25) is 0 Å². The third-order valence-corrected chi connectivity index (χ3v) is 7.25. The highest BCUT2D eigenvalue weighted by Gasteiger charge is 2.49. The first-order valence-electron chi connectivity index (χ1n) is 9.53. The zero-order valence-electron chi connectivity index (χ0n) is 15.8. The van der Waals surface area contributed by atoms with Crippen molar-refractivity contribution in [2.24, 2.45) is 11.8 Å². The van der Waals surface area contributed by atoms with E-state index in [9.17, 15) is 10.2 Å². The summed E-state index contributed by atoms with van der Waals surface area (Å²) in [6.45, 7) is 4.30. The van der Waals surface area contributed by atoms with Gasteiger partial charge in [-0.05, 0) is 73.6 Å². The predicted octanol–water partition coefficient (Wildman–Crippen LogP) is 4.07. The average molecular weight is 386 g/mol. The van der Waals surface area contributed by atoms with Gasteiger partial charge in [0.15, 0.2) is 0 Å². The van der Waals surface area contributed by atoms with Crippen molar-refractivity contribution < 1.29 is 14.9 Å². The summed E-state index contributed by atoms with van der Waals surface area (Å²) in [5, 5.41) is 21.1. The number of aromatic hydroxyl groups is 1. The van der Waals surface area contributed by atoms with Crippen LogP contribution in [-0.4, -0.2) is 40.7 Å². The lowest BCUT2D eigenvalue weighted by Crippen LogP contribution is -2.32. The Kier molecular flexibility index (Phi) is 5.10. The summed E-state index contributed by atoms with van der Waals surface area (Å²) >= 11 is 1.83. The second-order valence-corrected chi connectivity index (χ2v) is 9.25. The minimum absolute atomic E-state index is 0.305. The largest absolute Gasteiger partial charge is 0.508 e. The van der Waals surface area contributed by atoms with Gasteiger partial charge in [-0.3, -0.25) is 4.90 Å². The Hall–Kier alpha value is -1.69. The number of likely N-dealkylation sites (tertiary alicyclic amines) is 1. The Labute approximate surface area is 165 Å². The van der Waals surface area contributed by atoms with E-state index in [2.05, 4.69) is 11.8 Å². The van der Waals surface area contributed by atoms with E-state index in [0.29, 0.717) is 23.0 Å². The molecule has 0 spiro atoms. The van der Waals surface area contributed by atoms with Crippen LogP contribution in [0.15, 0.2) is 53.4 Å². The number of methoxy groups -OCH3 is 1. The molecule has 0 aromatic heterocycles. The maximum Gasteiger partial charge on any atom is 0.119 e. The summed E-state index contributed by atoms with van der Waals surface area (Å²) in [7, 11) is 1.66. The number of thioether (sulfide) groups is 1. The van der Waals surface area contributed by atoms with Crippen molar-refractivity contribution >= 4 is 11.8 Å². The normalized spacial score (nSPS) is 28.9. The van der Waals surface area contributed by atoms with Crippen molar-refractivity contribution in [2.45, 2.75) is 35.6 Å². The number of hydrogen-bond donors (Lipinski definition) is 2. The summed E-state index contributed by atoms with van der Waals surface area (Å²) in [5.41, 5.74) is 0.248. The smallest absolute Gasteiger partial charge is 0.119 e. The lowest BCUT2D eigenvalue weighted by Gasteiger charge is -2.29. The second-order valence-electron chi connectivity index (χ2n) is 7.86. The topological polar surface area (TPSA) is 52.9 Å². The molecule has 2 aromatic rings. The van der Waals surface area contributed by atoms with Crippen molar-refractivity contribution in [2.75, 3.05) is 20.2 Å². The molecular weight excluding hydrogens is 358 g/mol. The van der Waals surface area contributed by atoms with Gasteiger partial charge in [-0.2, -0.15) is 0 Å². The molecule has 1 saturated heterocycles. The van der Waals surface area contributed by atoms with Crippen molar-refractivity contribution in [3.05, 3.63) is 54.1 Å². The van der Waals surface area contributed by atoms with Crippen LogP contribution in [0.2, 0.25) is 0 Å². The molecule has 0 amide bonds. The molecule has 5 heteroatoms. The highest BCUT2D eigenvalue weighted by Crippen LogP contribution is 2.50. The molecule has 1 saturated carbocycles. The Morgan fingerprint density at radius 3 is 2.41 bits per heavy atom. The molecule has 1 aliphatic carbocycles. The van der Waals surface area contributed by atoms with Gasteiger partial charge in [-0.1, -0.05) is 12.1 Å². The number of benzene rings is 2. The van der Waals surface area contributed by atoms with E-state index in [1.807, 2.05) is 48.2 Å². The number of aliphatic hydroxyl groups is 1. The number of nitrogens with zero attached hydrogens (tertiary/aromatic N) is 1. The van der Waals surface area contributed by atoms with E-state index in [0.717, 1.165) is 37.2 Å². The van der Waals surface area contributed by atoms with Crippen molar-refractivity contribution in [1.29, 1.82) is 0 Å². The van der Waals surface area contributed by atoms with Gasteiger partial charge in [0, 0.05) is 18.0 Å². The summed E-state index contributed by atoms with van der Waals surface area (Å²) in [5.74, 6) is 2.17. The maximum atomic E-state index is 11.3. The van der Waals surface area contributed by atoms with E-state index in [1.54, 1.807) is 19.2 Å². The van der Waals surface area contributed by atoms with Gasteiger partial charge < -0.3 is 14.9 Å². The Morgan fingerprint density at radius 1 is 1.11 bits per heavy atom. The molecule has 1 aliphatic heterocycles. The number of phenolic OH excluding ortho intramolecular Hbond substituents is 1. The van der Waals surface area contributed by atoms with Crippen LogP contribution in [0.4, 0.5) is 0 Å². The number of fused-ring (bicyclic) bond motifs is 1. The molecule has 4 atom stereocenters. The number of rotatable bonds is 5. The van der Waals surface area contributed by atoms with Crippen molar-refractivity contribution in [3.63, 3.8) is 0 Å². The van der Waals surface area contributed by atoms with Crippen molar-refractivity contribution in [3.8, 4) is 11.5 Å². The third-order valence-electron chi connectivity index (χ3n) is 6.07. The molecule has 2 aromatic carbocycles. The number of phenols is 1. The van der Waals surface area contributed by atoms with Gasteiger partial charge in [0.25, 0.3) is 0 Å². The molecule has 4 nitrogen and oxygen atoms in total. The maximum absolute atomic E-state index is 11.3. The van der Waals surface area contributed by atoms with Crippen LogP contribution in [-0.2, 0) is 5.60 Å². The van der Waals surface area contributed by atoms with Gasteiger partial charge >= 0.3 is 0 Å². The zero-order chi connectivity index (χ0) is 19.0.